The Bertz CT molecular complexity index is 2610. The van der Waals surface area contributed by atoms with E-state index in [2.05, 4.69) is 170 Å². The molecular formula is C56H53N. The summed E-state index contributed by atoms with van der Waals surface area (Å²) in [5, 5.41) is 2.66. The van der Waals surface area contributed by atoms with Crippen molar-refractivity contribution in [2.24, 2.45) is 11.8 Å². The first-order valence-electron chi connectivity index (χ1n) is 21.9. The molecule has 7 aromatic carbocycles. The zero-order chi connectivity index (χ0) is 38.1. The molecule has 0 aliphatic heterocycles. The summed E-state index contributed by atoms with van der Waals surface area (Å²) in [6.07, 6.45) is 12.4. The minimum absolute atomic E-state index is 0.159. The maximum absolute atomic E-state index is 2.53. The molecule has 4 aliphatic carbocycles. The van der Waals surface area contributed by atoms with Gasteiger partial charge in [-0.2, -0.15) is 0 Å². The van der Waals surface area contributed by atoms with Gasteiger partial charge in [-0.1, -0.05) is 149 Å². The highest BCUT2D eigenvalue weighted by atomic mass is 15.1. The van der Waals surface area contributed by atoms with E-state index in [1.54, 1.807) is 0 Å². The molecule has 11 rings (SSSR count). The highest BCUT2D eigenvalue weighted by Gasteiger charge is 2.40. The van der Waals surface area contributed by atoms with E-state index in [4.69, 9.17) is 0 Å². The topological polar surface area (TPSA) is 3.24 Å². The summed E-state index contributed by atoms with van der Waals surface area (Å²) >= 11 is 0. The monoisotopic (exact) mass is 739 g/mol. The SMILES string of the molecule is CC1(C)c2cc(-c3ccccc3-c3ccccc3)ccc2-c2ccc(N(c3ccc(C4CC5CCC4C5)cc3)c3ccc4ccc(C5CCCCC5)cc4c3)cc21. The van der Waals surface area contributed by atoms with Crippen LogP contribution < -0.4 is 4.90 Å². The molecule has 3 unspecified atom stereocenters. The summed E-state index contributed by atoms with van der Waals surface area (Å²) in [7, 11) is 0. The Labute approximate surface area is 339 Å². The lowest BCUT2D eigenvalue weighted by Gasteiger charge is -2.29. The van der Waals surface area contributed by atoms with Crippen molar-refractivity contribution in [1.82, 2.24) is 0 Å². The molecule has 0 radical (unpaired) electrons. The van der Waals surface area contributed by atoms with E-state index in [1.807, 2.05) is 0 Å². The van der Waals surface area contributed by atoms with E-state index in [0.717, 1.165) is 17.8 Å². The van der Waals surface area contributed by atoms with Crippen molar-refractivity contribution in [1.29, 1.82) is 0 Å². The predicted octanol–water partition coefficient (Wildman–Crippen LogP) is 15.9. The molecule has 282 valence electrons. The molecular weight excluding hydrogens is 687 g/mol. The third-order valence-corrected chi connectivity index (χ3v) is 14.7. The molecule has 1 heteroatoms. The second kappa shape index (κ2) is 13.9. The van der Waals surface area contributed by atoms with Gasteiger partial charge < -0.3 is 4.90 Å². The third kappa shape index (κ3) is 6.05. The molecule has 0 N–H and O–H groups in total. The van der Waals surface area contributed by atoms with Crippen LogP contribution in [0.4, 0.5) is 17.1 Å². The van der Waals surface area contributed by atoms with Gasteiger partial charge in [-0.05, 0) is 165 Å². The third-order valence-electron chi connectivity index (χ3n) is 14.7. The normalized spacial score (nSPS) is 20.8. The first-order valence-corrected chi connectivity index (χ1v) is 21.9. The Morgan fingerprint density at radius 1 is 0.456 bits per heavy atom. The van der Waals surface area contributed by atoms with Crippen molar-refractivity contribution in [2.75, 3.05) is 4.90 Å². The number of rotatable bonds is 7. The van der Waals surface area contributed by atoms with Crippen LogP contribution >= 0.6 is 0 Å². The van der Waals surface area contributed by atoms with Crippen LogP contribution in [0.1, 0.15) is 106 Å². The summed E-state index contributed by atoms with van der Waals surface area (Å²) in [5.74, 6) is 3.24. The van der Waals surface area contributed by atoms with Crippen LogP contribution in [0, 0.1) is 11.8 Å². The van der Waals surface area contributed by atoms with Gasteiger partial charge in [0, 0.05) is 22.5 Å². The van der Waals surface area contributed by atoms with E-state index in [9.17, 15) is 0 Å². The molecule has 7 aromatic rings. The summed E-state index contributed by atoms with van der Waals surface area (Å²) in [4.78, 5) is 2.53. The fourth-order valence-corrected chi connectivity index (χ4v) is 11.7. The van der Waals surface area contributed by atoms with Crippen molar-refractivity contribution in [2.45, 2.75) is 88.9 Å². The Kier molecular flexibility index (Phi) is 8.50. The van der Waals surface area contributed by atoms with Crippen molar-refractivity contribution >= 4 is 27.8 Å². The van der Waals surface area contributed by atoms with Crippen LogP contribution in [-0.4, -0.2) is 0 Å². The zero-order valence-electron chi connectivity index (χ0n) is 33.6. The van der Waals surface area contributed by atoms with Crippen LogP contribution in [0.3, 0.4) is 0 Å². The quantitative estimate of drug-likeness (QED) is 0.157. The summed E-state index contributed by atoms with van der Waals surface area (Å²) < 4.78 is 0. The first kappa shape index (κ1) is 34.8. The average Bonchev–Trinajstić information content (AvgIpc) is 3.97. The minimum Gasteiger partial charge on any atom is -0.310 e. The van der Waals surface area contributed by atoms with Crippen molar-refractivity contribution in [3.8, 4) is 33.4 Å². The van der Waals surface area contributed by atoms with Crippen molar-refractivity contribution in [3.05, 3.63) is 174 Å². The lowest BCUT2D eigenvalue weighted by molar-refractivity contribution is 0.420. The largest absolute Gasteiger partial charge is 0.310 e. The lowest BCUT2D eigenvalue weighted by atomic mass is 9.81. The molecule has 2 bridgehead atoms. The van der Waals surface area contributed by atoms with E-state index >= 15 is 0 Å². The minimum atomic E-state index is -0.159. The number of fused-ring (bicyclic) bond motifs is 6. The number of hydrogen-bond donors (Lipinski definition) is 0. The number of hydrogen-bond acceptors (Lipinski definition) is 1. The van der Waals surface area contributed by atoms with Crippen molar-refractivity contribution < 1.29 is 0 Å². The van der Waals surface area contributed by atoms with Gasteiger partial charge in [0.25, 0.3) is 0 Å². The van der Waals surface area contributed by atoms with Gasteiger partial charge in [-0.15, -0.1) is 0 Å². The molecule has 0 heterocycles. The van der Waals surface area contributed by atoms with E-state index in [-0.39, 0.29) is 5.41 Å². The molecule has 1 nitrogen and oxygen atoms in total. The Morgan fingerprint density at radius 2 is 1.11 bits per heavy atom. The Balaban J connectivity index is 0.995. The van der Waals surface area contributed by atoms with Gasteiger partial charge in [0.15, 0.2) is 0 Å². The van der Waals surface area contributed by atoms with Crippen LogP contribution in [0.5, 0.6) is 0 Å². The van der Waals surface area contributed by atoms with Gasteiger partial charge in [-0.3, -0.25) is 0 Å². The van der Waals surface area contributed by atoms with Gasteiger partial charge >= 0.3 is 0 Å². The Hall–Kier alpha value is -5.40. The molecule has 0 aromatic heterocycles. The number of nitrogens with zero attached hydrogens (tertiary/aromatic N) is 1. The molecule has 0 saturated heterocycles. The second-order valence-corrected chi connectivity index (χ2v) is 18.4. The summed E-state index contributed by atoms with van der Waals surface area (Å²) in [6.45, 7) is 4.84. The van der Waals surface area contributed by atoms with Crippen LogP contribution in [-0.2, 0) is 5.41 Å². The smallest absolute Gasteiger partial charge is 0.0468 e. The number of anilines is 3. The van der Waals surface area contributed by atoms with E-state index in [1.165, 1.54) is 141 Å². The Morgan fingerprint density at radius 3 is 1.86 bits per heavy atom. The maximum atomic E-state index is 2.53. The van der Waals surface area contributed by atoms with E-state index in [0.29, 0.717) is 5.92 Å². The van der Waals surface area contributed by atoms with Crippen LogP contribution in [0.15, 0.2) is 152 Å². The van der Waals surface area contributed by atoms with Crippen molar-refractivity contribution in [3.63, 3.8) is 0 Å². The summed E-state index contributed by atoms with van der Waals surface area (Å²) in [6, 6.07) is 58.2. The second-order valence-electron chi connectivity index (χ2n) is 18.4. The fraction of sp³-hybridized carbons (Fsp3) is 0.286. The maximum Gasteiger partial charge on any atom is 0.0468 e. The zero-order valence-corrected chi connectivity index (χ0v) is 33.6. The summed E-state index contributed by atoms with van der Waals surface area (Å²) in [5.41, 5.74) is 17.2. The molecule has 3 fully saturated rings. The molecule has 3 saturated carbocycles. The van der Waals surface area contributed by atoms with Gasteiger partial charge in [0.05, 0.1) is 0 Å². The predicted molar refractivity (Wildman–Crippen MR) is 241 cm³/mol. The first-order chi connectivity index (χ1) is 28.0. The lowest BCUT2D eigenvalue weighted by Crippen LogP contribution is -2.17. The van der Waals surface area contributed by atoms with Gasteiger partial charge in [0.2, 0.25) is 0 Å². The van der Waals surface area contributed by atoms with Gasteiger partial charge in [0.1, 0.15) is 0 Å². The van der Waals surface area contributed by atoms with Crippen LogP contribution in [0.25, 0.3) is 44.2 Å². The average molecular weight is 740 g/mol. The molecule has 4 aliphatic rings. The fourth-order valence-electron chi connectivity index (χ4n) is 11.7. The highest BCUT2D eigenvalue weighted by Crippen LogP contribution is 2.54. The molecule has 0 amide bonds. The highest BCUT2D eigenvalue weighted by molar-refractivity contribution is 5.92. The molecule has 0 spiro atoms. The number of benzene rings is 7. The molecule has 3 atom stereocenters. The van der Waals surface area contributed by atoms with Gasteiger partial charge in [-0.25, -0.2) is 0 Å². The standard InChI is InChI=1S/C56H53N/c1-56(2)54-35-44(50-16-10-9-15-49(50)40-13-7-4-8-14-40)24-29-51(54)52-30-28-48(36-55(52)56)57(46-25-22-41(23-26-46)53-32-37-17-18-43(53)31-37)47-27-21-39-19-20-42(33-45(39)34-47)38-11-5-3-6-12-38/h4,7-10,13-16,19-30,33-38,43,53H,3,5-6,11-12,17-18,31-32H2,1-2H3. The molecule has 57 heavy (non-hydrogen) atoms. The van der Waals surface area contributed by atoms with E-state index < -0.39 is 0 Å². The van der Waals surface area contributed by atoms with Crippen LogP contribution in [0.2, 0.25) is 0 Å².